The number of carbonyl (C=O) groups excluding carboxylic acids is 2. The fraction of sp³-hybridized carbons (Fsp3) is 0.345. The number of rotatable bonds is 7. The maximum absolute atomic E-state index is 13.8. The van der Waals surface area contributed by atoms with Gasteiger partial charge >= 0.3 is 18.3 Å². The number of alkyl halides is 6. The van der Waals surface area contributed by atoms with Crippen LogP contribution < -0.4 is 10.1 Å². The molecule has 0 spiro atoms. The Hall–Kier alpha value is -4.09. The Morgan fingerprint density at radius 3 is 1.93 bits per heavy atom. The van der Waals surface area contributed by atoms with E-state index in [2.05, 4.69) is 10.3 Å². The van der Waals surface area contributed by atoms with Crippen LogP contribution in [0.4, 0.5) is 32.0 Å². The molecule has 6 nitrogen and oxygen atoms in total. The largest absolute Gasteiger partial charge is 0.476 e. The van der Waals surface area contributed by atoms with E-state index < -0.39 is 52.2 Å². The molecule has 1 aromatic heterocycles. The maximum Gasteiger partial charge on any atom is 0.418 e. The molecule has 0 aliphatic heterocycles. The molecule has 0 unspecified atom stereocenters. The second kappa shape index (κ2) is 11.4. The summed E-state index contributed by atoms with van der Waals surface area (Å²) in [7, 11) is 0. The van der Waals surface area contributed by atoms with Crippen LogP contribution in [0.1, 0.15) is 51.3 Å². The van der Waals surface area contributed by atoms with Gasteiger partial charge < -0.3 is 14.8 Å². The van der Waals surface area contributed by atoms with Gasteiger partial charge in [0.25, 0.3) is 0 Å². The number of nitrogens with zero attached hydrogens (tertiary/aromatic N) is 1. The third-order valence-electron chi connectivity index (χ3n) is 5.54. The van der Waals surface area contributed by atoms with Crippen molar-refractivity contribution in [3.05, 3.63) is 77.5 Å². The summed E-state index contributed by atoms with van der Waals surface area (Å²) in [6.07, 6.45) is -8.95. The molecule has 0 fully saturated rings. The summed E-state index contributed by atoms with van der Waals surface area (Å²) < 4.78 is 90.9. The number of aromatic nitrogens is 1. The standard InChI is InChI=1S/C29H28F6N2O4/c1-26(2,3)41-25(39)27(4,5)40-20-12-6-17(7-13-20)14-24(38)37-23-16-36-22(15-21(23)29(33,34)35)18-8-10-19(11-9-18)28(30,31)32/h6-13,15-16H,14H2,1-5H3,(H,37,38). The zero-order chi connectivity index (χ0) is 30.8. The van der Waals surface area contributed by atoms with E-state index in [1.807, 2.05) is 0 Å². The molecule has 0 aliphatic rings. The lowest BCUT2D eigenvalue weighted by Gasteiger charge is -2.29. The van der Waals surface area contributed by atoms with Crippen molar-refractivity contribution in [2.75, 3.05) is 5.32 Å². The number of anilines is 1. The van der Waals surface area contributed by atoms with Gasteiger partial charge in [-0.05, 0) is 70.5 Å². The lowest BCUT2D eigenvalue weighted by Crippen LogP contribution is -2.43. The Kier molecular flexibility index (Phi) is 8.76. The molecule has 1 heterocycles. The zero-order valence-electron chi connectivity index (χ0n) is 22.8. The summed E-state index contributed by atoms with van der Waals surface area (Å²) in [6, 6.07) is 10.3. The summed E-state index contributed by atoms with van der Waals surface area (Å²) in [6.45, 7) is 8.25. The van der Waals surface area contributed by atoms with Gasteiger partial charge in [0.05, 0.1) is 35.1 Å². The van der Waals surface area contributed by atoms with Crippen LogP contribution >= 0.6 is 0 Å². The van der Waals surface area contributed by atoms with Gasteiger partial charge in [0.15, 0.2) is 5.60 Å². The highest BCUT2D eigenvalue weighted by Crippen LogP contribution is 2.37. The van der Waals surface area contributed by atoms with Gasteiger partial charge in [0.2, 0.25) is 5.91 Å². The highest BCUT2D eigenvalue weighted by Gasteiger charge is 2.36. The van der Waals surface area contributed by atoms with Crippen LogP contribution in [0, 0.1) is 0 Å². The molecule has 0 radical (unpaired) electrons. The van der Waals surface area contributed by atoms with E-state index >= 15 is 0 Å². The average molecular weight is 583 g/mol. The second-order valence-corrected chi connectivity index (χ2v) is 10.7. The predicted molar refractivity (Wildman–Crippen MR) is 139 cm³/mol. The number of hydrogen-bond acceptors (Lipinski definition) is 5. The quantitative estimate of drug-likeness (QED) is 0.231. The maximum atomic E-state index is 13.8. The van der Waals surface area contributed by atoms with E-state index in [9.17, 15) is 35.9 Å². The molecule has 0 atom stereocenters. The van der Waals surface area contributed by atoms with Gasteiger partial charge in [-0.2, -0.15) is 26.3 Å². The number of esters is 1. The molecule has 220 valence electrons. The molecule has 1 amide bonds. The van der Waals surface area contributed by atoms with Crippen LogP contribution in [-0.2, 0) is 33.1 Å². The SMILES string of the molecule is CC(C)(C)OC(=O)C(C)(C)Oc1ccc(CC(=O)Nc2cnc(-c3ccc(C(F)(F)F)cc3)cc2C(F)(F)F)cc1. The van der Waals surface area contributed by atoms with Crippen molar-refractivity contribution in [1.29, 1.82) is 0 Å². The number of nitrogens with one attached hydrogen (secondary N) is 1. The van der Waals surface area contributed by atoms with Crippen molar-refractivity contribution >= 4 is 17.6 Å². The molecule has 0 aliphatic carbocycles. The summed E-state index contributed by atoms with van der Waals surface area (Å²) in [5.74, 6) is -1.03. The second-order valence-electron chi connectivity index (χ2n) is 10.7. The Labute approximate surface area is 232 Å². The number of benzene rings is 2. The van der Waals surface area contributed by atoms with E-state index in [1.54, 1.807) is 20.8 Å². The van der Waals surface area contributed by atoms with Crippen molar-refractivity contribution in [2.24, 2.45) is 0 Å². The molecular weight excluding hydrogens is 554 g/mol. The van der Waals surface area contributed by atoms with Crippen LogP contribution in [0.2, 0.25) is 0 Å². The zero-order valence-corrected chi connectivity index (χ0v) is 22.8. The van der Waals surface area contributed by atoms with Gasteiger partial charge in [0.1, 0.15) is 11.4 Å². The Bertz CT molecular complexity index is 1390. The third kappa shape index (κ3) is 8.70. The van der Waals surface area contributed by atoms with E-state index in [0.29, 0.717) is 17.4 Å². The lowest BCUT2D eigenvalue weighted by molar-refractivity contribution is -0.171. The molecule has 41 heavy (non-hydrogen) atoms. The first-order valence-corrected chi connectivity index (χ1v) is 12.3. The normalized spacial score (nSPS) is 12.6. The van der Waals surface area contributed by atoms with Gasteiger partial charge in [-0.25, -0.2) is 4.79 Å². The van der Waals surface area contributed by atoms with Gasteiger partial charge in [-0.3, -0.25) is 9.78 Å². The van der Waals surface area contributed by atoms with Crippen molar-refractivity contribution in [1.82, 2.24) is 4.98 Å². The third-order valence-corrected chi connectivity index (χ3v) is 5.54. The Morgan fingerprint density at radius 2 is 1.41 bits per heavy atom. The fourth-order valence-corrected chi connectivity index (χ4v) is 3.57. The van der Waals surface area contributed by atoms with Crippen LogP contribution in [0.5, 0.6) is 5.75 Å². The molecule has 2 aromatic carbocycles. The molecule has 1 N–H and O–H groups in total. The number of ether oxygens (including phenoxy) is 2. The fourth-order valence-electron chi connectivity index (χ4n) is 3.57. The lowest BCUT2D eigenvalue weighted by atomic mass is 10.1. The molecule has 3 rings (SSSR count). The summed E-state index contributed by atoms with van der Waals surface area (Å²) >= 11 is 0. The molecule has 0 saturated carbocycles. The molecule has 12 heteroatoms. The van der Waals surface area contributed by atoms with Crippen LogP contribution in [0.3, 0.4) is 0 Å². The number of hydrogen-bond donors (Lipinski definition) is 1. The monoisotopic (exact) mass is 582 g/mol. The Morgan fingerprint density at radius 1 is 0.829 bits per heavy atom. The minimum Gasteiger partial charge on any atom is -0.476 e. The first-order chi connectivity index (χ1) is 18.7. The smallest absolute Gasteiger partial charge is 0.418 e. The summed E-state index contributed by atoms with van der Waals surface area (Å²) in [4.78, 5) is 28.9. The molecular formula is C29H28F6N2O4. The van der Waals surface area contributed by atoms with Crippen LogP contribution in [0.15, 0.2) is 60.8 Å². The van der Waals surface area contributed by atoms with Crippen molar-refractivity contribution < 1.29 is 45.4 Å². The topological polar surface area (TPSA) is 77.5 Å². The number of amides is 1. The first kappa shape index (κ1) is 31.4. The Balaban J connectivity index is 1.72. The number of pyridine rings is 1. The molecule has 0 saturated heterocycles. The van der Waals surface area contributed by atoms with E-state index in [-0.39, 0.29) is 17.7 Å². The van der Waals surface area contributed by atoms with E-state index in [1.165, 1.54) is 38.1 Å². The average Bonchev–Trinajstić information content (AvgIpc) is 2.83. The van der Waals surface area contributed by atoms with E-state index in [0.717, 1.165) is 30.5 Å². The summed E-state index contributed by atoms with van der Waals surface area (Å²) in [5.41, 5.74) is -4.49. The van der Waals surface area contributed by atoms with Crippen LogP contribution in [0.25, 0.3) is 11.3 Å². The first-order valence-electron chi connectivity index (χ1n) is 12.3. The number of carbonyl (C=O) groups is 2. The van der Waals surface area contributed by atoms with Gasteiger partial charge in [-0.1, -0.05) is 24.3 Å². The van der Waals surface area contributed by atoms with Crippen molar-refractivity contribution in [3.63, 3.8) is 0 Å². The van der Waals surface area contributed by atoms with Crippen molar-refractivity contribution in [3.8, 4) is 17.0 Å². The highest BCUT2D eigenvalue weighted by atomic mass is 19.4. The number of halogens is 6. The molecule has 0 bridgehead atoms. The van der Waals surface area contributed by atoms with Crippen molar-refractivity contribution in [2.45, 2.75) is 64.6 Å². The van der Waals surface area contributed by atoms with Gasteiger partial charge in [-0.15, -0.1) is 0 Å². The predicted octanol–water partition coefficient (Wildman–Crippen LogP) is 7.47. The van der Waals surface area contributed by atoms with E-state index in [4.69, 9.17) is 9.47 Å². The van der Waals surface area contributed by atoms with Gasteiger partial charge in [0, 0.05) is 5.56 Å². The summed E-state index contributed by atoms with van der Waals surface area (Å²) in [5, 5.41) is 2.20. The van der Waals surface area contributed by atoms with Crippen LogP contribution in [-0.4, -0.2) is 28.1 Å². The molecule has 3 aromatic rings. The highest BCUT2D eigenvalue weighted by molar-refractivity contribution is 5.93. The minimum absolute atomic E-state index is 0.0403. The minimum atomic E-state index is -4.88.